The first-order valence-electron chi connectivity index (χ1n) is 22.0. The van der Waals surface area contributed by atoms with E-state index < -0.39 is 36.9 Å². The maximum absolute atomic E-state index is 12.5. The van der Waals surface area contributed by atoms with E-state index in [4.69, 9.17) is 0 Å². The first-order valence-corrected chi connectivity index (χ1v) is 22.0. The van der Waals surface area contributed by atoms with Gasteiger partial charge < -0.3 is 25.7 Å². The minimum Gasteiger partial charge on any atom is -0.394 e. The number of carbonyl (C=O) groups excluding carboxylic acids is 1. The van der Waals surface area contributed by atoms with Gasteiger partial charge in [0.2, 0.25) is 5.91 Å². The Labute approximate surface area is 321 Å². The zero-order valence-electron chi connectivity index (χ0n) is 34.0. The van der Waals surface area contributed by atoms with Crippen LogP contribution in [0.2, 0.25) is 0 Å². The number of amides is 1. The molecule has 0 radical (unpaired) electrons. The van der Waals surface area contributed by atoms with Crippen LogP contribution in [-0.4, -0.2) is 57.3 Å². The van der Waals surface area contributed by atoms with Gasteiger partial charge in [-0.2, -0.15) is 0 Å². The molecule has 0 aromatic rings. The van der Waals surface area contributed by atoms with Crippen molar-refractivity contribution in [3.63, 3.8) is 0 Å². The third-order valence-corrected chi connectivity index (χ3v) is 10.0. The van der Waals surface area contributed by atoms with Gasteiger partial charge in [-0.05, 0) is 77.0 Å². The fourth-order valence-corrected chi connectivity index (χ4v) is 6.52. The van der Waals surface area contributed by atoms with Gasteiger partial charge in [0.05, 0.1) is 18.8 Å². The average Bonchev–Trinajstić information content (AvgIpc) is 3.15. The van der Waals surface area contributed by atoms with E-state index in [-0.39, 0.29) is 0 Å². The second-order valence-electron chi connectivity index (χ2n) is 15.0. The highest BCUT2D eigenvalue weighted by molar-refractivity contribution is 5.80. The fourth-order valence-electron chi connectivity index (χ4n) is 6.52. The summed E-state index contributed by atoms with van der Waals surface area (Å²) < 4.78 is 0. The molecular weight excluding hydrogens is 647 g/mol. The second-order valence-corrected chi connectivity index (χ2v) is 15.0. The summed E-state index contributed by atoms with van der Waals surface area (Å²) in [5.41, 5.74) is 0. The quantitative estimate of drug-likeness (QED) is 0.0319. The van der Waals surface area contributed by atoms with Crippen LogP contribution in [0.3, 0.4) is 0 Å². The predicted octanol–water partition coefficient (Wildman–Crippen LogP) is 11.5. The number of rotatable bonds is 39. The molecule has 6 heteroatoms. The highest BCUT2D eigenvalue weighted by atomic mass is 16.3. The number of nitrogens with one attached hydrogen (secondary N) is 1. The van der Waals surface area contributed by atoms with E-state index in [0.717, 1.165) is 51.4 Å². The van der Waals surface area contributed by atoms with Crippen molar-refractivity contribution < 1.29 is 25.2 Å². The second kappa shape index (κ2) is 40.5. The number of hydrogen-bond donors (Lipinski definition) is 5. The molecule has 5 N–H and O–H groups in total. The normalized spacial score (nSPS) is 14.7. The molecule has 0 rings (SSSR count). The lowest BCUT2D eigenvalue weighted by molar-refractivity contribution is -0.132. The maximum atomic E-state index is 12.5. The summed E-state index contributed by atoms with van der Waals surface area (Å²) >= 11 is 0. The lowest BCUT2D eigenvalue weighted by atomic mass is 10.00. The Balaban J connectivity index is 3.79. The summed E-state index contributed by atoms with van der Waals surface area (Å²) in [5.74, 6) is -0.600. The molecule has 6 nitrogen and oxygen atoms in total. The van der Waals surface area contributed by atoms with Crippen LogP contribution in [0.4, 0.5) is 0 Å². The lowest BCUT2D eigenvalue weighted by Crippen LogP contribution is -2.53. The van der Waals surface area contributed by atoms with E-state index in [2.05, 4.69) is 67.8 Å². The van der Waals surface area contributed by atoms with Crippen LogP contribution in [0.25, 0.3) is 0 Å². The molecule has 52 heavy (non-hydrogen) atoms. The van der Waals surface area contributed by atoms with E-state index in [1.165, 1.54) is 122 Å². The topological polar surface area (TPSA) is 110 Å². The van der Waals surface area contributed by atoms with Crippen LogP contribution in [-0.2, 0) is 4.79 Å². The first-order chi connectivity index (χ1) is 25.5. The summed E-state index contributed by atoms with van der Waals surface area (Å²) in [6, 6.07) is -1.01. The van der Waals surface area contributed by atoms with Crippen LogP contribution in [0.15, 0.2) is 48.6 Å². The molecule has 0 saturated carbocycles. The molecular formula is C46H85NO5. The van der Waals surface area contributed by atoms with Gasteiger partial charge in [-0.25, -0.2) is 0 Å². The van der Waals surface area contributed by atoms with Crippen LogP contribution in [0, 0.1) is 0 Å². The summed E-state index contributed by atoms with van der Waals surface area (Å²) in [6.07, 6.45) is 48.5. The van der Waals surface area contributed by atoms with E-state index in [1.807, 2.05) is 0 Å². The minimum absolute atomic E-state index is 0.358. The molecule has 0 spiro atoms. The molecule has 0 fully saturated rings. The lowest BCUT2D eigenvalue weighted by Gasteiger charge is -2.27. The number of aliphatic hydroxyl groups is 4. The number of hydrogen-bond acceptors (Lipinski definition) is 5. The van der Waals surface area contributed by atoms with Gasteiger partial charge in [0.25, 0.3) is 0 Å². The van der Waals surface area contributed by atoms with Gasteiger partial charge in [-0.3, -0.25) is 4.79 Å². The molecule has 0 bridgehead atoms. The molecule has 0 heterocycles. The van der Waals surface area contributed by atoms with Crippen LogP contribution >= 0.6 is 0 Å². The van der Waals surface area contributed by atoms with Gasteiger partial charge in [0.1, 0.15) is 12.2 Å². The number of unbranched alkanes of at least 4 members (excludes halogenated alkanes) is 22. The molecule has 0 saturated heterocycles. The molecule has 304 valence electrons. The Kier molecular flexibility index (Phi) is 39.1. The summed E-state index contributed by atoms with van der Waals surface area (Å²) in [5, 5.41) is 43.6. The maximum Gasteiger partial charge on any atom is 0.249 e. The molecule has 0 aliphatic heterocycles. The third-order valence-electron chi connectivity index (χ3n) is 10.0. The molecule has 0 aromatic carbocycles. The van der Waals surface area contributed by atoms with Crippen molar-refractivity contribution in [1.29, 1.82) is 0 Å². The highest BCUT2D eigenvalue weighted by Gasteiger charge is 2.28. The highest BCUT2D eigenvalue weighted by Crippen LogP contribution is 2.15. The van der Waals surface area contributed by atoms with Gasteiger partial charge >= 0.3 is 0 Å². The zero-order chi connectivity index (χ0) is 38.2. The fraction of sp³-hybridized carbons (Fsp3) is 0.804. The van der Waals surface area contributed by atoms with E-state index >= 15 is 0 Å². The molecule has 0 aromatic heterocycles. The number of carbonyl (C=O) groups is 1. The molecule has 4 atom stereocenters. The van der Waals surface area contributed by atoms with Crippen molar-refractivity contribution in [2.24, 2.45) is 0 Å². The Morgan fingerprint density at radius 1 is 0.500 bits per heavy atom. The largest absolute Gasteiger partial charge is 0.394 e. The Bertz CT molecular complexity index is 869. The van der Waals surface area contributed by atoms with Crippen LogP contribution in [0.5, 0.6) is 0 Å². The Morgan fingerprint density at radius 2 is 0.923 bits per heavy atom. The van der Waals surface area contributed by atoms with E-state index in [0.29, 0.717) is 19.3 Å². The molecule has 0 aliphatic carbocycles. The SMILES string of the molecule is CC/C=C\C/C=C\CCCCCCCCCCCCCCCC(O)C(=O)NC(CO)C(O)C(O)CCC/C=C/CC/C=C/CCCCCCCCC. The molecule has 0 aliphatic rings. The summed E-state index contributed by atoms with van der Waals surface area (Å²) in [7, 11) is 0. The van der Waals surface area contributed by atoms with Crippen molar-refractivity contribution >= 4 is 5.91 Å². The Morgan fingerprint density at radius 3 is 1.42 bits per heavy atom. The van der Waals surface area contributed by atoms with Crippen molar-refractivity contribution in [3.8, 4) is 0 Å². The first kappa shape index (κ1) is 50.3. The standard InChI is InChI=1S/C46H85NO5/c1-3-5-7-9-11-13-15-17-19-21-22-23-24-26-28-30-32-34-36-38-40-44(50)46(52)47-42(41-48)45(51)43(49)39-37-35-33-31-29-27-25-20-18-16-14-12-10-8-6-4-2/h5,7,11,13,20,25,31,33,42-45,48-51H,3-4,6,8-10,12,14-19,21-24,26-30,32,34-41H2,1-2H3,(H,47,52)/b7-5-,13-11-,25-20+,33-31+. The van der Waals surface area contributed by atoms with Crippen molar-refractivity contribution in [2.75, 3.05) is 6.61 Å². The molecule has 4 unspecified atom stereocenters. The zero-order valence-corrected chi connectivity index (χ0v) is 34.0. The number of allylic oxidation sites excluding steroid dienone is 8. The predicted molar refractivity (Wildman–Crippen MR) is 223 cm³/mol. The summed E-state index contributed by atoms with van der Waals surface area (Å²) in [4.78, 5) is 12.5. The Hall–Kier alpha value is -1.73. The van der Waals surface area contributed by atoms with Crippen molar-refractivity contribution in [3.05, 3.63) is 48.6 Å². The third kappa shape index (κ3) is 34.1. The van der Waals surface area contributed by atoms with Crippen LogP contribution < -0.4 is 5.32 Å². The monoisotopic (exact) mass is 732 g/mol. The minimum atomic E-state index is -1.29. The smallest absolute Gasteiger partial charge is 0.249 e. The number of aliphatic hydroxyl groups excluding tert-OH is 4. The van der Waals surface area contributed by atoms with Crippen molar-refractivity contribution in [1.82, 2.24) is 5.32 Å². The van der Waals surface area contributed by atoms with Gasteiger partial charge in [0, 0.05) is 0 Å². The summed E-state index contributed by atoms with van der Waals surface area (Å²) in [6.45, 7) is 3.92. The van der Waals surface area contributed by atoms with E-state index in [9.17, 15) is 25.2 Å². The van der Waals surface area contributed by atoms with Gasteiger partial charge in [-0.15, -0.1) is 0 Å². The van der Waals surface area contributed by atoms with Gasteiger partial charge in [0.15, 0.2) is 0 Å². The average molecular weight is 732 g/mol. The van der Waals surface area contributed by atoms with Crippen LogP contribution in [0.1, 0.15) is 206 Å². The molecule has 1 amide bonds. The van der Waals surface area contributed by atoms with Crippen molar-refractivity contribution in [2.45, 2.75) is 231 Å². The van der Waals surface area contributed by atoms with E-state index in [1.54, 1.807) is 0 Å². The van der Waals surface area contributed by atoms with Gasteiger partial charge in [-0.1, -0.05) is 178 Å².